The summed E-state index contributed by atoms with van der Waals surface area (Å²) >= 11 is -1.34. The third-order valence-electron chi connectivity index (χ3n) is 5.95. The molecule has 0 aliphatic carbocycles. The average molecular weight is 448 g/mol. The van der Waals surface area contributed by atoms with E-state index >= 15 is 0 Å². The highest BCUT2D eigenvalue weighted by molar-refractivity contribution is 7.90. The third kappa shape index (κ3) is 4.58. The van der Waals surface area contributed by atoms with Crippen LogP contribution in [0.3, 0.4) is 0 Å². The van der Waals surface area contributed by atoms with Gasteiger partial charge in [0.15, 0.2) is 0 Å². The lowest BCUT2D eigenvalue weighted by molar-refractivity contribution is 0.0786. The van der Waals surface area contributed by atoms with Gasteiger partial charge >= 0.3 is 0 Å². The van der Waals surface area contributed by atoms with Crippen LogP contribution in [0.5, 0.6) is 0 Å². The molecule has 2 aromatic rings. The Bertz CT molecular complexity index is 1070. The predicted octanol–water partition coefficient (Wildman–Crippen LogP) is 3.86. The van der Waals surface area contributed by atoms with E-state index in [4.69, 9.17) is 9.72 Å². The van der Waals surface area contributed by atoms with Gasteiger partial charge in [0.2, 0.25) is 0 Å². The van der Waals surface area contributed by atoms with Crippen LogP contribution < -0.4 is 10.3 Å². The second-order valence-electron chi connectivity index (χ2n) is 9.40. The van der Waals surface area contributed by atoms with E-state index in [0.29, 0.717) is 29.4 Å². The van der Waals surface area contributed by atoms with Gasteiger partial charge in [-0.2, -0.15) is 0 Å². The minimum absolute atomic E-state index is 0.222. The van der Waals surface area contributed by atoms with Gasteiger partial charge in [0.25, 0.3) is 5.56 Å². The van der Waals surface area contributed by atoms with Gasteiger partial charge in [0, 0.05) is 36.7 Å². The summed E-state index contributed by atoms with van der Waals surface area (Å²) in [6.45, 7) is 9.50. The first-order valence-corrected chi connectivity index (χ1v) is 12.0. The second kappa shape index (κ2) is 8.65. The molecule has 0 saturated carbocycles. The minimum Gasteiger partial charge on any atom is -0.598 e. The zero-order chi connectivity index (χ0) is 22.3. The van der Waals surface area contributed by atoms with E-state index in [1.54, 1.807) is 4.57 Å². The largest absolute Gasteiger partial charge is 0.598 e. The molecule has 1 aromatic heterocycles. The van der Waals surface area contributed by atoms with Crippen LogP contribution in [0.15, 0.2) is 23.0 Å². The van der Waals surface area contributed by atoms with Crippen LogP contribution in [0.2, 0.25) is 0 Å². The maximum Gasteiger partial charge on any atom is 0.261 e. The smallest absolute Gasteiger partial charge is 0.261 e. The molecular formula is C23H30FN3O3S. The van der Waals surface area contributed by atoms with Crippen molar-refractivity contribution in [2.24, 2.45) is 5.92 Å². The SMILES string of the molecule is C[C@@H](N[S+]([O-])C(C)(C)C)c1cc(F)cc2c(=O)n3c(nc12)C(=CC1CCOCC1)CC3. The Hall–Kier alpha value is -1.74. The zero-order valence-electron chi connectivity index (χ0n) is 18.5. The minimum atomic E-state index is -1.34. The molecule has 0 radical (unpaired) electrons. The molecule has 1 saturated heterocycles. The molecule has 3 heterocycles. The monoisotopic (exact) mass is 447 g/mol. The van der Waals surface area contributed by atoms with Crippen molar-refractivity contribution < 1.29 is 13.7 Å². The number of halogens is 1. The van der Waals surface area contributed by atoms with Crippen LogP contribution in [-0.4, -0.2) is 32.1 Å². The number of aromatic nitrogens is 2. The van der Waals surface area contributed by atoms with Gasteiger partial charge in [-0.1, -0.05) is 6.08 Å². The molecule has 0 spiro atoms. The van der Waals surface area contributed by atoms with Crippen LogP contribution in [0.1, 0.15) is 64.4 Å². The second-order valence-corrected chi connectivity index (χ2v) is 11.4. The topological polar surface area (TPSA) is 79.2 Å². The van der Waals surface area contributed by atoms with Crippen LogP contribution in [0.4, 0.5) is 4.39 Å². The fourth-order valence-corrected chi connectivity index (χ4v) is 4.97. The van der Waals surface area contributed by atoms with Gasteiger partial charge in [-0.05, 0) is 70.6 Å². The number of nitrogens with zero attached hydrogens (tertiary/aromatic N) is 2. The van der Waals surface area contributed by atoms with Crippen molar-refractivity contribution in [3.05, 3.63) is 45.8 Å². The highest BCUT2D eigenvalue weighted by Gasteiger charge is 2.30. The van der Waals surface area contributed by atoms with Gasteiger partial charge in [-0.25, -0.2) is 9.37 Å². The first-order chi connectivity index (χ1) is 14.6. The van der Waals surface area contributed by atoms with E-state index in [-0.39, 0.29) is 10.9 Å². The summed E-state index contributed by atoms with van der Waals surface area (Å²) in [5, 5.41) is 0.265. The zero-order valence-corrected chi connectivity index (χ0v) is 19.4. The molecule has 0 amide bonds. The van der Waals surface area contributed by atoms with Gasteiger partial charge in [-0.3, -0.25) is 9.36 Å². The Morgan fingerprint density at radius 3 is 2.74 bits per heavy atom. The van der Waals surface area contributed by atoms with E-state index < -0.39 is 28.0 Å². The third-order valence-corrected chi connectivity index (χ3v) is 7.63. The Kier molecular flexibility index (Phi) is 6.27. The summed E-state index contributed by atoms with van der Waals surface area (Å²) in [5.41, 5.74) is 1.87. The molecule has 168 valence electrons. The maximum absolute atomic E-state index is 14.4. The first-order valence-electron chi connectivity index (χ1n) is 10.9. The summed E-state index contributed by atoms with van der Waals surface area (Å²) in [6.07, 6.45) is 4.92. The van der Waals surface area contributed by atoms with Gasteiger partial charge in [0.1, 0.15) is 16.4 Å². The molecule has 2 aliphatic heterocycles. The molecule has 31 heavy (non-hydrogen) atoms. The standard InChI is InChI=1S/C23H30FN3O3S/c1-14(26-31(29)23(2,3)4)18-12-17(24)13-19-20(18)25-21-16(5-8-27(21)22(19)28)11-15-6-9-30-10-7-15/h11-15,26H,5-10H2,1-4H3/t14-,31?/m1/s1. The lowest BCUT2D eigenvalue weighted by Crippen LogP contribution is -2.40. The molecule has 1 unspecified atom stereocenters. The quantitative estimate of drug-likeness (QED) is 0.720. The van der Waals surface area contributed by atoms with Crippen LogP contribution in [0, 0.1) is 11.7 Å². The first kappa shape index (κ1) is 22.5. The highest BCUT2D eigenvalue weighted by Crippen LogP contribution is 2.31. The molecular weight excluding hydrogens is 417 g/mol. The summed E-state index contributed by atoms with van der Waals surface area (Å²) < 4.78 is 36.7. The number of hydrogen-bond acceptors (Lipinski definition) is 5. The van der Waals surface area contributed by atoms with Crippen LogP contribution >= 0.6 is 0 Å². The lowest BCUT2D eigenvalue weighted by atomic mass is 9.96. The van der Waals surface area contributed by atoms with E-state index in [1.807, 2.05) is 27.7 Å². The van der Waals surface area contributed by atoms with Crippen molar-refractivity contribution in [3.8, 4) is 0 Å². The number of hydrogen-bond donors (Lipinski definition) is 1. The molecule has 6 nitrogen and oxygen atoms in total. The molecule has 4 rings (SSSR count). The van der Waals surface area contributed by atoms with E-state index in [2.05, 4.69) is 10.8 Å². The maximum atomic E-state index is 14.4. The number of fused-ring (bicyclic) bond motifs is 2. The Morgan fingerprint density at radius 2 is 2.06 bits per heavy atom. The summed E-state index contributed by atoms with van der Waals surface area (Å²) in [5.74, 6) is 0.597. The van der Waals surface area contributed by atoms with Gasteiger partial charge < -0.3 is 9.29 Å². The van der Waals surface area contributed by atoms with E-state index in [0.717, 1.165) is 38.0 Å². The van der Waals surface area contributed by atoms with Crippen molar-refractivity contribution in [3.63, 3.8) is 0 Å². The van der Waals surface area contributed by atoms with Crippen LogP contribution in [-0.2, 0) is 22.6 Å². The predicted molar refractivity (Wildman–Crippen MR) is 122 cm³/mol. The molecule has 2 aliphatic rings. The Balaban J connectivity index is 1.79. The van der Waals surface area contributed by atoms with Crippen molar-refractivity contribution in [2.75, 3.05) is 13.2 Å². The summed E-state index contributed by atoms with van der Waals surface area (Å²) in [4.78, 5) is 18.0. The molecule has 8 heteroatoms. The highest BCUT2D eigenvalue weighted by atomic mass is 32.2. The van der Waals surface area contributed by atoms with Crippen molar-refractivity contribution in [1.29, 1.82) is 0 Å². The molecule has 2 atom stereocenters. The summed E-state index contributed by atoms with van der Waals surface area (Å²) in [6, 6.07) is 2.22. The number of allylic oxidation sites excluding steroid dienone is 2. The number of benzene rings is 1. The normalized spacial score (nSPS) is 20.9. The molecule has 0 bridgehead atoms. The van der Waals surface area contributed by atoms with Crippen LogP contribution in [0.25, 0.3) is 16.5 Å². The number of rotatable bonds is 4. The van der Waals surface area contributed by atoms with Crippen molar-refractivity contribution in [2.45, 2.75) is 64.3 Å². The summed E-state index contributed by atoms with van der Waals surface area (Å²) in [7, 11) is 0. The van der Waals surface area contributed by atoms with Crippen molar-refractivity contribution in [1.82, 2.24) is 14.3 Å². The van der Waals surface area contributed by atoms with Crippen molar-refractivity contribution >= 4 is 27.8 Å². The Morgan fingerprint density at radius 1 is 1.35 bits per heavy atom. The number of nitrogens with one attached hydrogen (secondary N) is 1. The molecule has 1 aromatic carbocycles. The molecule has 1 fully saturated rings. The van der Waals surface area contributed by atoms with Gasteiger partial charge in [0.05, 0.1) is 16.9 Å². The Labute approximate surface area is 185 Å². The number of ether oxygens (including phenoxy) is 1. The van der Waals surface area contributed by atoms with E-state index in [1.165, 1.54) is 12.1 Å². The fraction of sp³-hybridized carbons (Fsp3) is 0.565. The lowest BCUT2D eigenvalue weighted by Gasteiger charge is -2.27. The average Bonchev–Trinajstić information content (AvgIpc) is 3.11. The van der Waals surface area contributed by atoms with Gasteiger partial charge in [-0.15, -0.1) is 4.72 Å². The van der Waals surface area contributed by atoms with E-state index in [9.17, 15) is 13.7 Å². The molecule has 1 N–H and O–H groups in total. The fourth-order valence-electron chi connectivity index (χ4n) is 4.17.